The number of aryl methyl sites for hydroxylation is 2. The van der Waals surface area contributed by atoms with Gasteiger partial charge in [0.05, 0.1) is 32.1 Å². The van der Waals surface area contributed by atoms with E-state index in [1.165, 1.54) is 11.4 Å². The highest BCUT2D eigenvalue weighted by Crippen LogP contribution is 2.36. The van der Waals surface area contributed by atoms with Gasteiger partial charge in [0.2, 0.25) is 10.0 Å². The zero-order chi connectivity index (χ0) is 18.2. The van der Waals surface area contributed by atoms with Crippen LogP contribution in [0.5, 0.6) is 5.75 Å². The summed E-state index contributed by atoms with van der Waals surface area (Å²) >= 11 is 3.34. The number of aromatic nitrogens is 2. The van der Waals surface area contributed by atoms with Crippen LogP contribution in [0.25, 0.3) is 0 Å². The van der Waals surface area contributed by atoms with E-state index in [9.17, 15) is 8.42 Å². The number of hydrogen-bond donors (Lipinski definition) is 1. The molecule has 25 heavy (non-hydrogen) atoms. The van der Waals surface area contributed by atoms with Gasteiger partial charge in [-0.1, -0.05) is 15.9 Å². The average molecular weight is 430 g/mol. The Morgan fingerprint density at radius 3 is 2.80 bits per heavy atom. The van der Waals surface area contributed by atoms with Gasteiger partial charge in [0.25, 0.3) is 0 Å². The third-order valence-electron chi connectivity index (χ3n) is 4.31. The topological polar surface area (TPSA) is 84.5 Å². The third-order valence-corrected chi connectivity index (χ3v) is 6.73. The minimum absolute atomic E-state index is 0.134. The molecule has 1 aromatic carbocycles. The predicted octanol–water partition coefficient (Wildman–Crippen LogP) is 2.56. The molecule has 7 nitrogen and oxygen atoms in total. The molecule has 1 aliphatic rings. The van der Waals surface area contributed by atoms with E-state index in [1.54, 1.807) is 18.2 Å². The van der Waals surface area contributed by atoms with Gasteiger partial charge in [0.15, 0.2) is 0 Å². The Morgan fingerprint density at radius 2 is 2.16 bits per heavy atom. The first kappa shape index (κ1) is 18.4. The van der Waals surface area contributed by atoms with Crippen LogP contribution < -0.4 is 4.74 Å². The van der Waals surface area contributed by atoms with Crippen LogP contribution in [-0.2, 0) is 14.8 Å². The van der Waals surface area contributed by atoms with Crippen LogP contribution in [0.15, 0.2) is 27.6 Å². The molecule has 1 saturated heterocycles. The molecule has 2 heterocycles. The molecule has 3 rings (SSSR count). The van der Waals surface area contributed by atoms with Crippen molar-refractivity contribution in [3.8, 4) is 5.75 Å². The van der Waals surface area contributed by atoms with Gasteiger partial charge in [-0.3, -0.25) is 5.10 Å². The number of nitrogens with one attached hydrogen (secondary N) is 1. The lowest BCUT2D eigenvalue weighted by molar-refractivity contribution is 0.0316. The molecule has 1 aliphatic heterocycles. The van der Waals surface area contributed by atoms with Crippen molar-refractivity contribution in [2.45, 2.75) is 24.8 Å². The molecule has 0 radical (unpaired) electrons. The number of H-pyrrole nitrogens is 1. The number of sulfonamides is 1. The number of halogens is 1. The maximum absolute atomic E-state index is 13.4. The largest absolute Gasteiger partial charge is 0.495 e. The number of aromatic amines is 1. The number of morpholine rings is 1. The Kier molecular flexibility index (Phi) is 5.19. The summed E-state index contributed by atoms with van der Waals surface area (Å²) in [7, 11) is -2.32. The molecular weight excluding hydrogens is 410 g/mol. The Hall–Kier alpha value is -1.42. The van der Waals surface area contributed by atoms with Gasteiger partial charge >= 0.3 is 0 Å². The molecule has 0 bridgehead atoms. The van der Waals surface area contributed by atoms with Crippen LogP contribution in [0.3, 0.4) is 0 Å². The van der Waals surface area contributed by atoms with E-state index in [1.807, 2.05) is 13.8 Å². The average Bonchev–Trinajstić information content (AvgIpc) is 2.93. The fourth-order valence-corrected chi connectivity index (χ4v) is 5.40. The number of methoxy groups -OCH3 is 1. The molecule has 0 aliphatic carbocycles. The van der Waals surface area contributed by atoms with Gasteiger partial charge in [0, 0.05) is 22.3 Å². The molecule has 1 N–H and O–H groups in total. The van der Waals surface area contributed by atoms with Gasteiger partial charge in [-0.25, -0.2) is 8.42 Å². The number of benzene rings is 1. The Balaban J connectivity index is 2.10. The SMILES string of the molecule is COc1ccc(Br)cc1S(=O)(=O)N1CCOCC1c1c(C)n[nH]c1C. The summed E-state index contributed by atoms with van der Waals surface area (Å²) in [4.78, 5) is 0.134. The number of nitrogens with zero attached hydrogens (tertiary/aromatic N) is 2. The van der Waals surface area contributed by atoms with Gasteiger partial charge in [0.1, 0.15) is 10.6 Å². The summed E-state index contributed by atoms with van der Waals surface area (Å²) in [5.41, 5.74) is 2.47. The first-order valence-electron chi connectivity index (χ1n) is 7.81. The summed E-state index contributed by atoms with van der Waals surface area (Å²) < 4.78 is 39.8. The van der Waals surface area contributed by atoms with E-state index in [-0.39, 0.29) is 18.0 Å². The summed E-state index contributed by atoms with van der Waals surface area (Å²) in [6, 6.07) is 4.52. The molecule has 0 amide bonds. The number of rotatable bonds is 4. The van der Waals surface area contributed by atoms with E-state index >= 15 is 0 Å². The van der Waals surface area contributed by atoms with Crippen molar-refractivity contribution in [2.24, 2.45) is 0 Å². The fourth-order valence-electron chi connectivity index (χ4n) is 3.13. The zero-order valence-electron chi connectivity index (χ0n) is 14.2. The number of ether oxygens (including phenoxy) is 2. The smallest absolute Gasteiger partial charge is 0.247 e. The highest BCUT2D eigenvalue weighted by Gasteiger charge is 2.38. The van der Waals surface area contributed by atoms with E-state index in [4.69, 9.17) is 9.47 Å². The highest BCUT2D eigenvalue weighted by molar-refractivity contribution is 9.10. The number of hydrogen-bond acceptors (Lipinski definition) is 5. The normalized spacial score (nSPS) is 19.1. The van der Waals surface area contributed by atoms with Crippen molar-refractivity contribution in [1.82, 2.24) is 14.5 Å². The van der Waals surface area contributed by atoms with Crippen molar-refractivity contribution < 1.29 is 17.9 Å². The van der Waals surface area contributed by atoms with Crippen molar-refractivity contribution in [3.63, 3.8) is 0 Å². The van der Waals surface area contributed by atoms with Gasteiger partial charge in [-0.2, -0.15) is 9.40 Å². The van der Waals surface area contributed by atoms with E-state index < -0.39 is 16.1 Å². The van der Waals surface area contributed by atoms with Crippen LogP contribution in [0.2, 0.25) is 0 Å². The summed E-state index contributed by atoms with van der Waals surface area (Å²) in [5, 5.41) is 7.11. The maximum atomic E-state index is 13.4. The summed E-state index contributed by atoms with van der Waals surface area (Å²) in [6.07, 6.45) is 0. The standard InChI is InChI=1S/C16H20BrN3O4S/c1-10-16(11(2)19-18-10)13-9-24-7-6-20(13)25(21,22)15-8-12(17)4-5-14(15)23-3/h4-5,8,13H,6-7,9H2,1-3H3,(H,18,19). The van der Waals surface area contributed by atoms with Crippen LogP contribution in [0.4, 0.5) is 0 Å². The Morgan fingerprint density at radius 1 is 1.40 bits per heavy atom. The summed E-state index contributed by atoms with van der Waals surface area (Å²) in [6.45, 7) is 4.65. The van der Waals surface area contributed by atoms with Crippen LogP contribution in [0.1, 0.15) is 23.0 Å². The van der Waals surface area contributed by atoms with Crippen molar-refractivity contribution in [2.75, 3.05) is 26.9 Å². The van der Waals surface area contributed by atoms with E-state index in [0.717, 1.165) is 17.0 Å². The van der Waals surface area contributed by atoms with Crippen LogP contribution in [-0.4, -0.2) is 49.8 Å². The van der Waals surface area contributed by atoms with Gasteiger partial charge in [-0.15, -0.1) is 0 Å². The third kappa shape index (κ3) is 3.33. The van der Waals surface area contributed by atoms with Crippen LogP contribution >= 0.6 is 15.9 Å². The predicted molar refractivity (Wildman–Crippen MR) is 96.2 cm³/mol. The van der Waals surface area contributed by atoms with Gasteiger partial charge < -0.3 is 9.47 Å². The lowest BCUT2D eigenvalue weighted by atomic mass is 10.1. The fraction of sp³-hybridized carbons (Fsp3) is 0.438. The zero-order valence-corrected chi connectivity index (χ0v) is 16.6. The first-order valence-corrected chi connectivity index (χ1v) is 10.0. The van der Waals surface area contributed by atoms with Crippen molar-refractivity contribution >= 4 is 26.0 Å². The lowest BCUT2D eigenvalue weighted by Crippen LogP contribution is -2.43. The molecule has 1 atom stereocenters. The Labute approximate surface area is 155 Å². The van der Waals surface area contributed by atoms with E-state index in [0.29, 0.717) is 16.8 Å². The molecular formula is C16H20BrN3O4S. The molecule has 0 saturated carbocycles. The lowest BCUT2D eigenvalue weighted by Gasteiger charge is -2.35. The molecule has 1 aromatic heterocycles. The minimum Gasteiger partial charge on any atom is -0.495 e. The Bertz CT molecular complexity index is 862. The minimum atomic E-state index is -3.78. The molecule has 1 unspecified atom stereocenters. The second kappa shape index (κ2) is 7.06. The van der Waals surface area contributed by atoms with E-state index in [2.05, 4.69) is 26.1 Å². The molecule has 1 fully saturated rings. The van der Waals surface area contributed by atoms with Crippen molar-refractivity contribution in [3.05, 3.63) is 39.6 Å². The highest BCUT2D eigenvalue weighted by atomic mass is 79.9. The first-order chi connectivity index (χ1) is 11.9. The molecule has 0 spiro atoms. The van der Waals surface area contributed by atoms with Crippen molar-refractivity contribution in [1.29, 1.82) is 0 Å². The second-order valence-electron chi connectivity index (χ2n) is 5.85. The molecule has 2 aromatic rings. The second-order valence-corrected chi connectivity index (χ2v) is 8.62. The quantitative estimate of drug-likeness (QED) is 0.806. The van der Waals surface area contributed by atoms with Gasteiger partial charge in [-0.05, 0) is 32.0 Å². The van der Waals surface area contributed by atoms with Crippen LogP contribution in [0, 0.1) is 13.8 Å². The molecule has 9 heteroatoms. The maximum Gasteiger partial charge on any atom is 0.247 e. The summed E-state index contributed by atoms with van der Waals surface area (Å²) in [5.74, 6) is 0.314. The molecule has 136 valence electrons. The monoisotopic (exact) mass is 429 g/mol.